The third kappa shape index (κ3) is 3.44. The number of rotatable bonds is 5. The highest BCUT2D eigenvalue weighted by atomic mass is 16.2. The fourth-order valence-corrected chi connectivity index (χ4v) is 5.69. The van der Waals surface area contributed by atoms with Crippen molar-refractivity contribution in [1.82, 2.24) is 4.90 Å². The van der Waals surface area contributed by atoms with Crippen molar-refractivity contribution in [2.75, 3.05) is 13.6 Å². The number of nitrogens with zero attached hydrogens (tertiary/aromatic N) is 1. The maximum atomic E-state index is 12.4. The number of carbonyl (C=O) groups excluding carboxylic acids is 1. The van der Waals surface area contributed by atoms with Crippen LogP contribution < -0.4 is 5.73 Å². The average Bonchev–Trinajstić information content (AvgIpc) is 2.32. The molecular weight excluding hydrogens is 260 g/mol. The fraction of sp³-hybridized carbons (Fsp3) is 0.944. The predicted octanol–water partition coefficient (Wildman–Crippen LogP) is 3.18. The maximum absolute atomic E-state index is 12.4. The van der Waals surface area contributed by atoms with E-state index in [1.807, 2.05) is 25.8 Å². The molecule has 4 aliphatic rings. The second kappa shape index (κ2) is 5.26. The summed E-state index contributed by atoms with van der Waals surface area (Å²) in [7, 11) is 2.00. The van der Waals surface area contributed by atoms with Gasteiger partial charge in [-0.2, -0.15) is 0 Å². The monoisotopic (exact) mass is 292 g/mol. The first-order chi connectivity index (χ1) is 9.75. The van der Waals surface area contributed by atoms with Gasteiger partial charge in [0.15, 0.2) is 0 Å². The quantitative estimate of drug-likeness (QED) is 0.846. The Kier molecular flexibility index (Phi) is 3.84. The number of carbonyl (C=O) groups is 1. The van der Waals surface area contributed by atoms with E-state index in [1.165, 1.54) is 38.5 Å². The molecule has 0 saturated heterocycles. The van der Waals surface area contributed by atoms with Crippen molar-refractivity contribution in [2.24, 2.45) is 28.9 Å². The van der Waals surface area contributed by atoms with Crippen LogP contribution in [0, 0.1) is 23.2 Å². The van der Waals surface area contributed by atoms with Crippen molar-refractivity contribution in [1.29, 1.82) is 0 Å². The Morgan fingerprint density at radius 2 is 1.62 bits per heavy atom. The van der Waals surface area contributed by atoms with Crippen molar-refractivity contribution < 1.29 is 4.79 Å². The summed E-state index contributed by atoms with van der Waals surface area (Å²) < 4.78 is 0. The summed E-state index contributed by atoms with van der Waals surface area (Å²) in [5.41, 5.74) is 6.22. The lowest BCUT2D eigenvalue weighted by atomic mass is 9.49. The third-order valence-corrected chi connectivity index (χ3v) is 6.15. The molecule has 4 aliphatic carbocycles. The molecule has 4 rings (SSSR count). The Morgan fingerprint density at radius 1 is 1.14 bits per heavy atom. The van der Waals surface area contributed by atoms with Gasteiger partial charge in [-0.05, 0) is 82.0 Å². The van der Waals surface area contributed by atoms with Gasteiger partial charge in [0.2, 0.25) is 5.91 Å². The van der Waals surface area contributed by atoms with Gasteiger partial charge in [-0.3, -0.25) is 4.79 Å². The van der Waals surface area contributed by atoms with Crippen LogP contribution in [0.15, 0.2) is 0 Å². The van der Waals surface area contributed by atoms with E-state index in [2.05, 4.69) is 0 Å². The number of hydrogen-bond acceptors (Lipinski definition) is 2. The van der Waals surface area contributed by atoms with Gasteiger partial charge in [0.05, 0.1) is 0 Å². The molecule has 4 saturated carbocycles. The van der Waals surface area contributed by atoms with Gasteiger partial charge in [-0.1, -0.05) is 0 Å². The topological polar surface area (TPSA) is 46.3 Å². The summed E-state index contributed by atoms with van der Waals surface area (Å²) in [5, 5.41) is 0. The van der Waals surface area contributed by atoms with E-state index < -0.39 is 0 Å². The van der Waals surface area contributed by atoms with Gasteiger partial charge >= 0.3 is 0 Å². The zero-order chi connectivity index (χ0) is 15.3. The Bertz CT molecular complexity index is 375. The molecule has 0 aromatic carbocycles. The number of nitrogens with two attached hydrogens (primary N) is 1. The SMILES string of the molecule is CN(CC12CC3CC(CC(C3)C1)C2)C(=O)CCC(C)(C)N. The smallest absolute Gasteiger partial charge is 0.222 e. The first kappa shape index (κ1) is 15.3. The highest BCUT2D eigenvalue weighted by Gasteiger charge is 2.51. The van der Waals surface area contributed by atoms with Crippen molar-refractivity contribution in [3.05, 3.63) is 0 Å². The van der Waals surface area contributed by atoms with E-state index in [-0.39, 0.29) is 11.4 Å². The normalized spacial score (nSPS) is 37.8. The lowest BCUT2D eigenvalue weighted by Crippen LogP contribution is -2.51. The molecule has 4 fully saturated rings. The van der Waals surface area contributed by atoms with Crippen molar-refractivity contribution in [2.45, 2.75) is 70.8 Å². The molecular formula is C18H32N2O. The lowest BCUT2D eigenvalue weighted by molar-refractivity contribution is -0.135. The molecule has 0 unspecified atom stereocenters. The standard InChI is InChI=1S/C18H32N2O/c1-17(2,19)5-4-16(21)20(3)12-18-9-13-6-14(10-18)8-15(7-13)11-18/h13-15H,4-12,19H2,1-3H3. The first-order valence-electron chi connectivity index (χ1n) is 8.78. The minimum atomic E-state index is -0.239. The molecule has 4 bridgehead atoms. The molecule has 3 nitrogen and oxygen atoms in total. The molecule has 0 atom stereocenters. The second-order valence-corrected chi connectivity index (χ2v) is 9.16. The largest absolute Gasteiger partial charge is 0.345 e. The van der Waals surface area contributed by atoms with Crippen molar-refractivity contribution >= 4 is 5.91 Å². The maximum Gasteiger partial charge on any atom is 0.222 e. The summed E-state index contributed by atoms with van der Waals surface area (Å²) in [5.74, 6) is 3.16. The van der Waals surface area contributed by atoms with Gasteiger partial charge in [-0.25, -0.2) is 0 Å². The number of amides is 1. The molecule has 3 heteroatoms. The van der Waals surface area contributed by atoms with Gasteiger partial charge in [-0.15, -0.1) is 0 Å². The van der Waals surface area contributed by atoms with Gasteiger partial charge < -0.3 is 10.6 Å². The van der Waals surface area contributed by atoms with Crippen molar-refractivity contribution in [3.63, 3.8) is 0 Å². The highest BCUT2D eigenvalue weighted by molar-refractivity contribution is 5.76. The summed E-state index contributed by atoms with van der Waals surface area (Å²) in [6.07, 6.45) is 9.90. The Labute approximate surface area is 129 Å². The predicted molar refractivity (Wildman–Crippen MR) is 85.7 cm³/mol. The van der Waals surface area contributed by atoms with Crippen LogP contribution in [0.4, 0.5) is 0 Å². The minimum absolute atomic E-state index is 0.239. The van der Waals surface area contributed by atoms with Crippen LogP contribution in [0.1, 0.15) is 65.2 Å². The minimum Gasteiger partial charge on any atom is -0.345 e. The van der Waals surface area contributed by atoms with E-state index in [0.717, 1.165) is 30.7 Å². The van der Waals surface area contributed by atoms with E-state index in [4.69, 9.17) is 5.73 Å². The molecule has 0 aromatic rings. The van der Waals surface area contributed by atoms with Crippen LogP contribution in [-0.4, -0.2) is 29.9 Å². The molecule has 2 N–H and O–H groups in total. The van der Waals surface area contributed by atoms with Crippen LogP contribution >= 0.6 is 0 Å². The van der Waals surface area contributed by atoms with Gasteiger partial charge in [0, 0.05) is 25.6 Å². The molecule has 120 valence electrons. The van der Waals surface area contributed by atoms with Gasteiger partial charge in [0.1, 0.15) is 0 Å². The van der Waals surface area contributed by atoms with E-state index in [1.54, 1.807) is 0 Å². The van der Waals surface area contributed by atoms with E-state index >= 15 is 0 Å². The summed E-state index contributed by atoms with van der Waals surface area (Å²) in [6, 6.07) is 0. The van der Waals surface area contributed by atoms with Crippen LogP contribution in [0.3, 0.4) is 0 Å². The Balaban J connectivity index is 1.57. The van der Waals surface area contributed by atoms with Gasteiger partial charge in [0.25, 0.3) is 0 Å². The summed E-state index contributed by atoms with van der Waals surface area (Å²) in [6.45, 7) is 4.99. The van der Waals surface area contributed by atoms with Crippen LogP contribution in [-0.2, 0) is 4.79 Å². The summed E-state index contributed by atoms with van der Waals surface area (Å²) >= 11 is 0. The summed E-state index contributed by atoms with van der Waals surface area (Å²) in [4.78, 5) is 14.4. The molecule has 0 heterocycles. The van der Waals surface area contributed by atoms with Crippen LogP contribution in [0.25, 0.3) is 0 Å². The molecule has 21 heavy (non-hydrogen) atoms. The molecule has 0 radical (unpaired) electrons. The average molecular weight is 292 g/mol. The third-order valence-electron chi connectivity index (χ3n) is 6.15. The van der Waals surface area contributed by atoms with E-state index in [9.17, 15) is 4.79 Å². The Morgan fingerprint density at radius 3 is 2.05 bits per heavy atom. The van der Waals surface area contributed by atoms with Crippen LogP contribution in [0.5, 0.6) is 0 Å². The number of hydrogen-bond donors (Lipinski definition) is 1. The molecule has 0 aliphatic heterocycles. The van der Waals surface area contributed by atoms with E-state index in [0.29, 0.717) is 11.8 Å². The van der Waals surface area contributed by atoms with Crippen molar-refractivity contribution in [3.8, 4) is 0 Å². The zero-order valence-corrected chi connectivity index (χ0v) is 14.0. The molecule has 1 amide bonds. The zero-order valence-electron chi connectivity index (χ0n) is 14.0. The second-order valence-electron chi connectivity index (χ2n) is 9.16. The first-order valence-corrected chi connectivity index (χ1v) is 8.78. The Hall–Kier alpha value is -0.570. The fourth-order valence-electron chi connectivity index (χ4n) is 5.69. The molecule has 0 aromatic heterocycles. The highest BCUT2D eigenvalue weighted by Crippen LogP contribution is 2.60. The molecule has 0 spiro atoms. The lowest BCUT2D eigenvalue weighted by Gasteiger charge is -2.57. The van der Waals surface area contributed by atoms with Crippen LogP contribution in [0.2, 0.25) is 0 Å².